The SMILES string of the molecule is CCc1cc2c(COC(=O)c3nn(-c4ccccc4)c(=O)c4ccccc34)cc(=O)oc2cc1O. The fourth-order valence-electron chi connectivity index (χ4n) is 4.01. The van der Waals surface area contributed by atoms with Crippen molar-refractivity contribution < 1.29 is 19.1 Å². The molecule has 8 heteroatoms. The van der Waals surface area contributed by atoms with Crippen molar-refractivity contribution in [2.24, 2.45) is 0 Å². The largest absolute Gasteiger partial charge is 0.508 e. The number of aromatic nitrogens is 2. The summed E-state index contributed by atoms with van der Waals surface area (Å²) in [6.45, 7) is 1.66. The van der Waals surface area contributed by atoms with E-state index in [4.69, 9.17) is 9.15 Å². The van der Waals surface area contributed by atoms with Crippen molar-refractivity contribution in [3.63, 3.8) is 0 Å². The van der Waals surface area contributed by atoms with E-state index in [0.29, 0.717) is 39.4 Å². The maximum atomic E-state index is 13.2. The summed E-state index contributed by atoms with van der Waals surface area (Å²) in [4.78, 5) is 38.3. The van der Waals surface area contributed by atoms with E-state index >= 15 is 0 Å². The van der Waals surface area contributed by atoms with Crippen LogP contribution in [0.15, 0.2) is 86.8 Å². The fourth-order valence-corrected chi connectivity index (χ4v) is 4.01. The molecule has 5 aromatic rings. The second kappa shape index (κ2) is 8.90. The van der Waals surface area contributed by atoms with Gasteiger partial charge in [0.25, 0.3) is 5.56 Å². The lowest BCUT2D eigenvalue weighted by Gasteiger charge is -2.12. The predicted octanol–water partition coefficient (Wildman–Crippen LogP) is 4.12. The number of phenolic OH excluding ortho intramolecular Hbond substituents is 1. The number of rotatable bonds is 5. The van der Waals surface area contributed by atoms with Crippen molar-refractivity contribution in [3.05, 3.63) is 110 Å². The van der Waals surface area contributed by atoms with Crippen LogP contribution in [-0.4, -0.2) is 20.9 Å². The first-order chi connectivity index (χ1) is 17.0. The first-order valence-electron chi connectivity index (χ1n) is 11.0. The van der Waals surface area contributed by atoms with Gasteiger partial charge in [-0.05, 0) is 36.2 Å². The molecule has 8 nitrogen and oxygen atoms in total. The van der Waals surface area contributed by atoms with E-state index in [1.54, 1.807) is 54.6 Å². The number of nitrogens with zero attached hydrogens (tertiary/aromatic N) is 2. The molecule has 1 N–H and O–H groups in total. The van der Waals surface area contributed by atoms with Crippen LogP contribution in [0.1, 0.15) is 28.5 Å². The summed E-state index contributed by atoms with van der Waals surface area (Å²) in [7, 11) is 0. The Balaban J connectivity index is 1.56. The summed E-state index contributed by atoms with van der Waals surface area (Å²) >= 11 is 0. The van der Waals surface area contributed by atoms with Gasteiger partial charge >= 0.3 is 11.6 Å². The third kappa shape index (κ3) is 4.06. The fraction of sp³-hybridized carbons (Fsp3) is 0.111. The highest BCUT2D eigenvalue weighted by atomic mass is 16.5. The van der Waals surface area contributed by atoms with Crippen LogP contribution in [0.5, 0.6) is 5.75 Å². The molecule has 0 radical (unpaired) electrons. The summed E-state index contributed by atoms with van der Waals surface area (Å²) in [5, 5.41) is 15.7. The molecule has 0 amide bonds. The zero-order valence-electron chi connectivity index (χ0n) is 18.7. The van der Waals surface area contributed by atoms with Gasteiger partial charge in [-0.1, -0.05) is 43.3 Å². The number of esters is 1. The number of aromatic hydroxyl groups is 1. The third-order valence-electron chi connectivity index (χ3n) is 5.77. The van der Waals surface area contributed by atoms with Gasteiger partial charge in [-0.25, -0.2) is 9.59 Å². The average Bonchev–Trinajstić information content (AvgIpc) is 2.87. The molecule has 5 rings (SSSR count). The Bertz CT molecular complexity index is 1700. The number of aryl methyl sites for hydroxylation is 1. The average molecular weight is 468 g/mol. The second-order valence-electron chi connectivity index (χ2n) is 7.94. The Kier molecular flexibility index (Phi) is 5.62. The van der Waals surface area contributed by atoms with Crippen molar-refractivity contribution in [2.45, 2.75) is 20.0 Å². The van der Waals surface area contributed by atoms with Gasteiger partial charge < -0.3 is 14.3 Å². The number of para-hydroxylation sites is 1. The minimum absolute atomic E-state index is 0.0242. The summed E-state index contributed by atoms with van der Waals surface area (Å²) in [5.41, 5.74) is 0.787. The van der Waals surface area contributed by atoms with Gasteiger partial charge in [0.2, 0.25) is 0 Å². The van der Waals surface area contributed by atoms with E-state index in [-0.39, 0.29) is 29.2 Å². The van der Waals surface area contributed by atoms with E-state index in [1.807, 2.05) is 13.0 Å². The molecule has 2 heterocycles. The Morgan fingerprint density at radius 3 is 2.40 bits per heavy atom. The van der Waals surface area contributed by atoms with Crippen LogP contribution in [-0.2, 0) is 17.8 Å². The molecule has 0 saturated carbocycles. The van der Waals surface area contributed by atoms with Crippen LogP contribution in [0.3, 0.4) is 0 Å². The van der Waals surface area contributed by atoms with Gasteiger partial charge in [0.15, 0.2) is 5.69 Å². The summed E-state index contributed by atoms with van der Waals surface area (Å²) in [5.74, 6) is -0.724. The molecule has 174 valence electrons. The zero-order chi connectivity index (χ0) is 24.5. The molecule has 0 spiro atoms. The highest BCUT2D eigenvalue weighted by Gasteiger charge is 2.20. The van der Waals surface area contributed by atoms with Gasteiger partial charge in [-0.3, -0.25) is 4.79 Å². The molecular formula is C27H20N2O6. The van der Waals surface area contributed by atoms with Gasteiger partial charge in [-0.15, -0.1) is 0 Å². The smallest absolute Gasteiger partial charge is 0.359 e. The minimum atomic E-state index is -0.748. The second-order valence-corrected chi connectivity index (χ2v) is 7.94. The molecule has 0 aliphatic carbocycles. The van der Waals surface area contributed by atoms with Crippen LogP contribution < -0.4 is 11.2 Å². The van der Waals surface area contributed by atoms with E-state index in [9.17, 15) is 19.5 Å². The monoisotopic (exact) mass is 468 g/mol. The normalized spacial score (nSPS) is 11.1. The molecule has 0 atom stereocenters. The van der Waals surface area contributed by atoms with Gasteiger partial charge in [0, 0.05) is 28.5 Å². The Labute approximate surface area is 198 Å². The quantitative estimate of drug-likeness (QED) is 0.305. The van der Waals surface area contributed by atoms with E-state index in [0.717, 1.165) is 0 Å². The summed E-state index contributed by atoms with van der Waals surface area (Å²) in [6.07, 6.45) is 0.567. The summed E-state index contributed by atoms with van der Waals surface area (Å²) in [6, 6.07) is 19.8. The van der Waals surface area contributed by atoms with Crippen LogP contribution in [0.25, 0.3) is 27.4 Å². The first kappa shape index (κ1) is 22.1. The molecule has 0 fully saturated rings. The number of hydrogen-bond donors (Lipinski definition) is 1. The maximum Gasteiger partial charge on any atom is 0.359 e. The molecule has 3 aromatic carbocycles. The highest BCUT2D eigenvalue weighted by molar-refractivity contribution is 6.02. The molecule has 35 heavy (non-hydrogen) atoms. The van der Waals surface area contributed by atoms with Crippen LogP contribution in [0.2, 0.25) is 0 Å². The van der Waals surface area contributed by atoms with Crippen molar-refractivity contribution in [1.82, 2.24) is 9.78 Å². The standard InChI is InChI=1S/C27H20N2O6/c1-2-16-12-21-17(13-24(31)35-23(21)14-22(16)30)15-34-27(33)25-19-10-6-7-11-20(19)26(32)29(28-25)18-8-4-3-5-9-18/h3-14,30H,2,15H2,1H3. The molecule has 0 aliphatic rings. The Hall–Kier alpha value is -4.72. The summed E-state index contributed by atoms with van der Waals surface area (Å²) < 4.78 is 11.9. The number of hydrogen-bond acceptors (Lipinski definition) is 7. The van der Waals surface area contributed by atoms with Crippen LogP contribution in [0.4, 0.5) is 0 Å². The Morgan fingerprint density at radius 1 is 0.943 bits per heavy atom. The van der Waals surface area contributed by atoms with Crippen LogP contribution in [0, 0.1) is 0 Å². The predicted molar refractivity (Wildman–Crippen MR) is 130 cm³/mol. The van der Waals surface area contributed by atoms with Crippen molar-refractivity contribution >= 4 is 27.7 Å². The zero-order valence-corrected chi connectivity index (χ0v) is 18.7. The van der Waals surface area contributed by atoms with Crippen molar-refractivity contribution in [3.8, 4) is 11.4 Å². The van der Waals surface area contributed by atoms with Gasteiger partial charge in [-0.2, -0.15) is 9.78 Å². The lowest BCUT2D eigenvalue weighted by Crippen LogP contribution is -2.25. The highest BCUT2D eigenvalue weighted by Crippen LogP contribution is 2.27. The first-order valence-corrected chi connectivity index (χ1v) is 11.0. The number of benzene rings is 3. The molecule has 0 unspecified atom stereocenters. The van der Waals surface area contributed by atoms with E-state index in [1.165, 1.54) is 16.8 Å². The van der Waals surface area contributed by atoms with Gasteiger partial charge in [0.05, 0.1) is 11.1 Å². The maximum absolute atomic E-state index is 13.2. The van der Waals surface area contributed by atoms with Crippen molar-refractivity contribution in [2.75, 3.05) is 0 Å². The molecule has 0 saturated heterocycles. The Morgan fingerprint density at radius 2 is 1.66 bits per heavy atom. The third-order valence-corrected chi connectivity index (χ3v) is 5.77. The van der Waals surface area contributed by atoms with E-state index in [2.05, 4.69) is 5.10 Å². The van der Waals surface area contributed by atoms with Crippen molar-refractivity contribution in [1.29, 1.82) is 0 Å². The molecule has 2 aromatic heterocycles. The molecule has 0 bridgehead atoms. The van der Waals surface area contributed by atoms with Crippen LogP contribution >= 0.6 is 0 Å². The lowest BCUT2D eigenvalue weighted by atomic mass is 10.0. The number of carbonyl (C=O) groups excluding carboxylic acids is 1. The lowest BCUT2D eigenvalue weighted by molar-refractivity contribution is 0.0467. The van der Waals surface area contributed by atoms with E-state index < -0.39 is 11.6 Å². The molecular weight excluding hydrogens is 448 g/mol. The number of phenols is 1. The number of fused-ring (bicyclic) bond motifs is 2. The number of ether oxygens (including phenoxy) is 1. The minimum Gasteiger partial charge on any atom is -0.508 e. The molecule has 0 aliphatic heterocycles. The van der Waals surface area contributed by atoms with Gasteiger partial charge in [0.1, 0.15) is 17.9 Å². The number of carbonyl (C=O) groups is 1. The topological polar surface area (TPSA) is 112 Å².